The van der Waals surface area contributed by atoms with Gasteiger partial charge in [0.05, 0.1) is 0 Å². The van der Waals surface area contributed by atoms with Crippen LogP contribution in [0, 0.1) is 0 Å². The average molecular weight is 69.9 g/mol. The second-order valence-corrected chi connectivity index (χ2v) is 0.525. The first kappa shape index (κ1) is 4.40. The minimum absolute atomic E-state index is 0.694. The molecule has 0 aromatic carbocycles. The molecule has 0 saturated heterocycles. The molecular formula is C2H3BO2. The molecule has 5 heavy (non-hydrogen) atoms. The molecule has 0 amide bonds. The fourth-order valence-electron chi connectivity index (χ4n) is 0. The van der Waals surface area contributed by atoms with Crippen molar-refractivity contribution in [2.45, 2.75) is 0 Å². The van der Waals surface area contributed by atoms with E-state index in [1.54, 1.807) is 0 Å². The molecule has 0 bridgehead atoms. The maximum absolute atomic E-state index is 7.65. The first-order chi connectivity index (χ1) is 2.27. The zero-order chi connectivity index (χ0) is 4.28. The highest BCUT2D eigenvalue weighted by molar-refractivity contribution is 6.17. The summed E-state index contributed by atoms with van der Waals surface area (Å²) in [6.45, 7) is 0. The van der Waals surface area contributed by atoms with Gasteiger partial charge in [0.2, 0.25) is 0 Å². The van der Waals surface area contributed by atoms with Crippen molar-refractivity contribution in [2.75, 3.05) is 0 Å². The van der Waals surface area contributed by atoms with Crippen LogP contribution in [-0.2, 0) is 0 Å². The first-order valence-corrected chi connectivity index (χ1v) is 1.07. The predicted molar refractivity (Wildman–Crippen MR) is 19.1 cm³/mol. The zero-order valence-electron chi connectivity index (χ0n) is 2.55. The third kappa shape index (κ3) is 3.40. The number of rotatable bonds is 0. The van der Waals surface area contributed by atoms with E-state index >= 15 is 0 Å². The fraction of sp³-hybridized carbons (Fsp3) is 0. The number of aliphatic hydroxyl groups excluding tert-OH is 1. The minimum atomic E-state index is -0.843. The molecule has 0 atom stereocenters. The smallest absolute Gasteiger partial charge is 0.259 e. The lowest BCUT2D eigenvalue weighted by Gasteiger charge is -1.75. The Morgan fingerprint density at radius 3 is 1.80 bits per heavy atom. The van der Waals surface area contributed by atoms with Gasteiger partial charge in [-0.3, -0.25) is 0 Å². The van der Waals surface area contributed by atoms with Crippen molar-refractivity contribution >= 4 is 7.85 Å². The van der Waals surface area contributed by atoms with Crippen LogP contribution in [0.1, 0.15) is 0 Å². The Labute approximate surface area is 31.2 Å². The van der Waals surface area contributed by atoms with Crippen molar-refractivity contribution in [1.29, 1.82) is 0 Å². The van der Waals surface area contributed by atoms with Gasteiger partial charge in [0.1, 0.15) is 7.85 Å². The van der Waals surface area contributed by atoms with Gasteiger partial charge in [-0.2, -0.15) is 0 Å². The highest BCUT2D eigenvalue weighted by atomic mass is 16.5. The molecule has 0 fully saturated rings. The van der Waals surface area contributed by atoms with Crippen molar-refractivity contribution in [2.24, 2.45) is 0 Å². The third-order valence-corrected chi connectivity index (χ3v) is 0.149. The van der Waals surface area contributed by atoms with Crippen LogP contribution in [0.3, 0.4) is 0 Å². The van der Waals surface area contributed by atoms with Crippen LogP contribution in [0.15, 0.2) is 11.9 Å². The molecule has 0 heterocycles. The maximum Gasteiger partial charge on any atom is 0.259 e. The molecule has 0 spiro atoms. The maximum atomic E-state index is 7.65. The van der Waals surface area contributed by atoms with Crippen molar-refractivity contribution in [3.8, 4) is 0 Å². The SMILES string of the molecule is [B]C=C(O)O. The van der Waals surface area contributed by atoms with Crippen LogP contribution >= 0.6 is 0 Å². The van der Waals surface area contributed by atoms with Crippen LogP contribution in [0.25, 0.3) is 0 Å². The zero-order valence-corrected chi connectivity index (χ0v) is 2.55. The molecule has 0 unspecified atom stereocenters. The standard InChI is InChI=1S/C2H3BO2/c3-1-2(4)5/h1,4-5H. The molecule has 26 valence electrons. The van der Waals surface area contributed by atoms with E-state index in [1.807, 2.05) is 0 Å². The molecule has 3 heteroatoms. The number of aliphatic hydroxyl groups is 2. The lowest BCUT2D eigenvalue weighted by Crippen LogP contribution is -1.71. The molecule has 0 aliphatic heterocycles. The molecular weight excluding hydrogens is 66.8 g/mol. The van der Waals surface area contributed by atoms with Crippen molar-refractivity contribution in [3.63, 3.8) is 0 Å². The fourth-order valence-corrected chi connectivity index (χ4v) is 0. The van der Waals surface area contributed by atoms with Gasteiger partial charge >= 0.3 is 0 Å². The van der Waals surface area contributed by atoms with E-state index in [0.29, 0.717) is 5.98 Å². The summed E-state index contributed by atoms with van der Waals surface area (Å²) in [7, 11) is 4.51. The second kappa shape index (κ2) is 1.70. The van der Waals surface area contributed by atoms with Crippen molar-refractivity contribution in [3.05, 3.63) is 11.9 Å². The molecule has 2 radical (unpaired) electrons. The summed E-state index contributed by atoms with van der Waals surface area (Å²) < 4.78 is 0. The third-order valence-electron chi connectivity index (χ3n) is 0.149. The molecule has 2 nitrogen and oxygen atoms in total. The van der Waals surface area contributed by atoms with Crippen LogP contribution in [0.5, 0.6) is 0 Å². The van der Waals surface area contributed by atoms with Crippen LogP contribution in [-0.4, -0.2) is 18.1 Å². The first-order valence-electron chi connectivity index (χ1n) is 1.07. The van der Waals surface area contributed by atoms with E-state index in [-0.39, 0.29) is 0 Å². The topological polar surface area (TPSA) is 40.5 Å². The van der Waals surface area contributed by atoms with Gasteiger partial charge in [0.15, 0.2) is 0 Å². The number of hydrogen-bond donors (Lipinski definition) is 2. The summed E-state index contributed by atoms with van der Waals surface area (Å²) in [6, 6.07) is 0. The second-order valence-electron chi connectivity index (χ2n) is 0.525. The van der Waals surface area contributed by atoms with E-state index in [2.05, 4.69) is 7.85 Å². The van der Waals surface area contributed by atoms with E-state index in [9.17, 15) is 0 Å². The van der Waals surface area contributed by atoms with E-state index in [1.165, 1.54) is 0 Å². The predicted octanol–water partition coefficient (Wildman–Crippen LogP) is 0.0698. The van der Waals surface area contributed by atoms with Gasteiger partial charge in [0.25, 0.3) is 5.95 Å². The van der Waals surface area contributed by atoms with Gasteiger partial charge < -0.3 is 10.2 Å². The van der Waals surface area contributed by atoms with E-state index in [4.69, 9.17) is 10.2 Å². The van der Waals surface area contributed by atoms with Gasteiger partial charge in [-0.1, -0.05) is 5.98 Å². The highest BCUT2D eigenvalue weighted by Crippen LogP contribution is 1.67. The van der Waals surface area contributed by atoms with E-state index < -0.39 is 5.95 Å². The van der Waals surface area contributed by atoms with Crippen molar-refractivity contribution < 1.29 is 10.2 Å². The summed E-state index contributed by atoms with van der Waals surface area (Å²) in [5, 5.41) is 15.3. The van der Waals surface area contributed by atoms with Crippen LogP contribution in [0.2, 0.25) is 0 Å². The minimum Gasteiger partial charge on any atom is -0.482 e. The average Bonchev–Trinajstić information content (AvgIpc) is 1.38. The van der Waals surface area contributed by atoms with Gasteiger partial charge in [-0.25, -0.2) is 0 Å². The molecule has 0 aromatic rings. The van der Waals surface area contributed by atoms with Gasteiger partial charge in [0, 0.05) is 0 Å². The Kier molecular flexibility index (Phi) is 1.50. The molecule has 0 aliphatic carbocycles. The molecule has 0 rings (SSSR count). The van der Waals surface area contributed by atoms with Crippen LogP contribution < -0.4 is 0 Å². The summed E-state index contributed by atoms with van der Waals surface area (Å²) in [5.74, 6) is -0.148. The van der Waals surface area contributed by atoms with Crippen molar-refractivity contribution in [1.82, 2.24) is 0 Å². The Morgan fingerprint density at radius 2 is 1.80 bits per heavy atom. The van der Waals surface area contributed by atoms with Gasteiger partial charge in [-0.15, -0.1) is 0 Å². The Bertz CT molecular complexity index is 45.6. The quantitative estimate of drug-likeness (QED) is 0.312. The Morgan fingerprint density at radius 1 is 1.60 bits per heavy atom. The summed E-state index contributed by atoms with van der Waals surface area (Å²) in [4.78, 5) is 0. The lowest BCUT2D eigenvalue weighted by atomic mass is 10.2. The summed E-state index contributed by atoms with van der Waals surface area (Å²) in [6.07, 6.45) is 0. The number of hydrogen-bond acceptors (Lipinski definition) is 2. The van der Waals surface area contributed by atoms with Crippen LogP contribution in [0.4, 0.5) is 0 Å². The van der Waals surface area contributed by atoms with Gasteiger partial charge in [-0.05, 0) is 0 Å². The van der Waals surface area contributed by atoms with E-state index in [0.717, 1.165) is 0 Å². The largest absolute Gasteiger partial charge is 0.482 e. The lowest BCUT2D eigenvalue weighted by molar-refractivity contribution is 0.192. The highest BCUT2D eigenvalue weighted by Gasteiger charge is 1.66. The Balaban J connectivity index is 3.14. The molecule has 0 aromatic heterocycles. The summed E-state index contributed by atoms with van der Waals surface area (Å²) >= 11 is 0. The normalized spacial score (nSPS) is 6.40. The molecule has 0 saturated carbocycles. The monoisotopic (exact) mass is 70.0 g/mol. The Hall–Kier alpha value is -0.595. The molecule has 0 aliphatic rings. The molecule has 2 N–H and O–H groups in total. The summed E-state index contributed by atoms with van der Waals surface area (Å²) in [5.41, 5.74) is 0.